The van der Waals surface area contributed by atoms with Crippen LogP contribution in [0, 0.1) is 18.8 Å². The average Bonchev–Trinajstić information content (AvgIpc) is 1.41. The zero-order chi connectivity index (χ0) is 4.12. The third kappa shape index (κ3) is 3.56. The Balaban J connectivity index is 2.48. The van der Waals surface area contributed by atoms with Gasteiger partial charge in [0.05, 0.1) is 0 Å². The maximum absolute atomic E-state index is 6.30. The second-order valence-corrected chi connectivity index (χ2v) is 0.757. The molecule has 2 radical (unpaired) electrons. The fourth-order valence-electron chi connectivity index (χ4n) is 0.102. The van der Waals surface area contributed by atoms with Crippen LogP contribution in [0.5, 0.6) is 0 Å². The van der Waals surface area contributed by atoms with E-state index >= 15 is 0 Å². The summed E-state index contributed by atoms with van der Waals surface area (Å²) in [6.45, 7) is 1.97. The van der Waals surface area contributed by atoms with E-state index in [4.69, 9.17) is 6.42 Å². The fourth-order valence-corrected chi connectivity index (χ4v) is 0.102. The summed E-state index contributed by atoms with van der Waals surface area (Å²) in [4.78, 5) is 0. The van der Waals surface area contributed by atoms with Crippen molar-refractivity contribution in [1.82, 2.24) is 0 Å². The van der Waals surface area contributed by atoms with Gasteiger partial charge in [0.2, 0.25) is 0 Å². The van der Waals surface area contributed by atoms with Crippen LogP contribution in [0.3, 0.4) is 0 Å². The largest absolute Gasteiger partial charge is 0.0844 e. The van der Waals surface area contributed by atoms with Crippen LogP contribution in [0.25, 0.3) is 0 Å². The van der Waals surface area contributed by atoms with E-state index in [1.54, 1.807) is 6.42 Å². The highest BCUT2D eigenvalue weighted by Crippen LogP contribution is 1.75. The van der Waals surface area contributed by atoms with Crippen molar-refractivity contribution < 1.29 is 0 Å². The number of hydrogen-bond acceptors (Lipinski definition) is 0. The molecule has 0 aromatic carbocycles. The Bertz CT molecular complexity index is 38.5. The Morgan fingerprint density at radius 2 is 2.60 bits per heavy atom. The van der Waals surface area contributed by atoms with E-state index in [0.717, 1.165) is 6.42 Å². The zero-order valence-electron chi connectivity index (χ0n) is 3.28. The fraction of sp³-hybridized carbons (Fsp3) is 0.400. The first-order valence-corrected chi connectivity index (χ1v) is 1.65. The molecule has 26 valence electrons. The van der Waals surface area contributed by atoms with Gasteiger partial charge in [0.1, 0.15) is 0 Å². The monoisotopic (exact) mass is 66.0 g/mol. The summed E-state index contributed by atoms with van der Waals surface area (Å²) >= 11 is 0. The molecule has 0 saturated carbocycles. The van der Waals surface area contributed by atoms with Gasteiger partial charge in [-0.2, -0.15) is 0 Å². The first kappa shape index (κ1) is 4.56. The van der Waals surface area contributed by atoms with Crippen molar-refractivity contribution in [3.8, 4) is 5.92 Å². The smallest absolute Gasteiger partial charge is 0.0348 e. The van der Waals surface area contributed by atoms with Gasteiger partial charge < -0.3 is 0 Å². The lowest BCUT2D eigenvalue weighted by Crippen LogP contribution is -1.56. The minimum Gasteiger partial charge on any atom is -0.0844 e. The molecule has 5 heavy (non-hydrogen) atoms. The van der Waals surface area contributed by atoms with Crippen molar-refractivity contribution in [2.75, 3.05) is 0 Å². The van der Waals surface area contributed by atoms with Crippen LogP contribution in [0.1, 0.15) is 13.3 Å². The minimum atomic E-state index is 0.920. The molecule has 0 rings (SSSR count). The van der Waals surface area contributed by atoms with E-state index in [2.05, 4.69) is 5.92 Å². The molecule has 0 unspecified atom stereocenters. The van der Waals surface area contributed by atoms with Gasteiger partial charge in [0.15, 0.2) is 0 Å². The highest BCUT2D eigenvalue weighted by atomic mass is 13.7. The van der Waals surface area contributed by atoms with E-state index in [1.165, 1.54) is 0 Å². The molecule has 0 saturated heterocycles. The van der Waals surface area contributed by atoms with Crippen LogP contribution in [-0.2, 0) is 0 Å². The summed E-state index contributed by atoms with van der Waals surface area (Å²) < 4.78 is 0. The van der Waals surface area contributed by atoms with E-state index in [1.807, 2.05) is 6.92 Å². The molecule has 0 aliphatic rings. The highest BCUT2D eigenvalue weighted by Gasteiger charge is 1.63. The molecule has 0 atom stereocenters. The third-order valence-electron chi connectivity index (χ3n) is 0.306. The molecule has 0 fully saturated rings. The van der Waals surface area contributed by atoms with Crippen molar-refractivity contribution >= 4 is 0 Å². The summed E-state index contributed by atoms with van der Waals surface area (Å²) in [6, 6.07) is 0. The molecule has 0 spiro atoms. The third-order valence-corrected chi connectivity index (χ3v) is 0.306. The lowest BCUT2D eigenvalue weighted by molar-refractivity contribution is 1.16. The Labute approximate surface area is 33.2 Å². The van der Waals surface area contributed by atoms with Crippen LogP contribution in [0.15, 0.2) is 0 Å². The molecular formula is C5H6. The Kier molecular flexibility index (Phi) is 3.25. The summed E-state index contributed by atoms with van der Waals surface area (Å²) in [5.74, 6) is 2.14. The molecule has 0 aromatic rings. The molecule has 0 heteroatoms. The summed E-state index contributed by atoms with van der Waals surface area (Å²) in [6.07, 6.45) is 8.88. The molecule has 0 aliphatic carbocycles. The predicted octanol–water partition coefficient (Wildman–Crippen LogP) is 1.19. The van der Waals surface area contributed by atoms with Crippen molar-refractivity contribution in [3.63, 3.8) is 0 Å². The predicted molar refractivity (Wildman–Crippen MR) is 21.7 cm³/mol. The first-order valence-electron chi connectivity index (χ1n) is 1.65. The molecule has 0 aromatic heterocycles. The normalized spacial score (nSPS) is 6.40. The van der Waals surface area contributed by atoms with Gasteiger partial charge in [-0.25, -0.2) is 0 Å². The van der Waals surface area contributed by atoms with E-state index < -0.39 is 0 Å². The minimum absolute atomic E-state index is 0.920. The second-order valence-electron chi connectivity index (χ2n) is 0.757. The van der Waals surface area contributed by atoms with Crippen LogP contribution in [0.4, 0.5) is 0 Å². The average molecular weight is 66.1 g/mol. The lowest BCUT2D eigenvalue weighted by Gasteiger charge is -1.67. The van der Waals surface area contributed by atoms with Gasteiger partial charge in [-0.1, -0.05) is 12.8 Å². The number of hydrogen-bond donors (Lipinski definition) is 0. The Hall–Kier alpha value is -0.440. The first-order chi connectivity index (χ1) is 2.41. The zero-order valence-corrected chi connectivity index (χ0v) is 3.28. The van der Waals surface area contributed by atoms with Crippen LogP contribution in [0.2, 0.25) is 0 Å². The van der Waals surface area contributed by atoms with Gasteiger partial charge in [0, 0.05) is 6.42 Å². The molecule has 0 aliphatic heterocycles. The quantitative estimate of drug-likeness (QED) is 0.403. The topological polar surface area (TPSA) is 0 Å². The second kappa shape index (κ2) is 3.56. The standard InChI is InChI=1S/C5H6/c1-3-5-4-2/h5H,3H2,1H3. The van der Waals surface area contributed by atoms with E-state index in [0.29, 0.717) is 0 Å². The van der Waals surface area contributed by atoms with Crippen LogP contribution >= 0.6 is 0 Å². The van der Waals surface area contributed by atoms with Crippen molar-refractivity contribution in [2.45, 2.75) is 13.3 Å². The lowest BCUT2D eigenvalue weighted by atomic mass is 10.4. The van der Waals surface area contributed by atoms with E-state index in [-0.39, 0.29) is 0 Å². The van der Waals surface area contributed by atoms with Gasteiger partial charge in [-0.15, -0.1) is 0 Å². The van der Waals surface area contributed by atoms with Crippen LogP contribution in [-0.4, -0.2) is 0 Å². The van der Waals surface area contributed by atoms with Gasteiger partial charge in [0.25, 0.3) is 0 Å². The van der Waals surface area contributed by atoms with Crippen molar-refractivity contribution in [2.24, 2.45) is 0 Å². The summed E-state index contributed by atoms with van der Waals surface area (Å²) in [5.41, 5.74) is 0. The Morgan fingerprint density at radius 3 is 2.60 bits per heavy atom. The van der Waals surface area contributed by atoms with Gasteiger partial charge >= 0.3 is 0 Å². The van der Waals surface area contributed by atoms with Crippen molar-refractivity contribution in [1.29, 1.82) is 0 Å². The number of unbranched alkanes of at least 4 members (excludes halogenated alkanes) is 1. The molecule has 0 bridgehead atoms. The molecule has 0 N–H and O–H groups in total. The number of rotatable bonds is 1. The van der Waals surface area contributed by atoms with Gasteiger partial charge in [-0.05, 0) is 12.8 Å². The van der Waals surface area contributed by atoms with Crippen molar-refractivity contribution in [3.05, 3.63) is 12.8 Å². The summed E-state index contributed by atoms with van der Waals surface area (Å²) in [5, 5.41) is 0. The molecular weight excluding hydrogens is 60.1 g/mol. The maximum Gasteiger partial charge on any atom is 0.0348 e. The van der Waals surface area contributed by atoms with Crippen LogP contribution < -0.4 is 0 Å². The summed E-state index contributed by atoms with van der Waals surface area (Å²) in [7, 11) is 0. The Morgan fingerprint density at radius 1 is 2.00 bits per heavy atom. The highest BCUT2D eigenvalue weighted by molar-refractivity contribution is 4.93. The molecule has 0 heterocycles. The molecule has 0 amide bonds. The van der Waals surface area contributed by atoms with E-state index in [9.17, 15) is 0 Å². The molecule has 0 nitrogen and oxygen atoms in total. The SMILES string of the molecule is [C]#C[CH]CC. The maximum atomic E-state index is 6.30. The van der Waals surface area contributed by atoms with Gasteiger partial charge in [-0.3, -0.25) is 0 Å².